The van der Waals surface area contributed by atoms with E-state index in [1.165, 1.54) is 23.9 Å². The van der Waals surface area contributed by atoms with E-state index in [9.17, 15) is 13.6 Å². The second-order valence-electron chi connectivity index (χ2n) is 8.95. The van der Waals surface area contributed by atoms with Crippen molar-refractivity contribution in [2.24, 2.45) is 0 Å². The van der Waals surface area contributed by atoms with Crippen molar-refractivity contribution in [2.75, 3.05) is 30.9 Å². The summed E-state index contributed by atoms with van der Waals surface area (Å²) in [4.78, 5) is 20.6. The van der Waals surface area contributed by atoms with Crippen LogP contribution in [0.2, 0.25) is 5.02 Å². The monoisotopic (exact) mass is 506 g/mol. The molecule has 10 heteroatoms. The first kappa shape index (κ1) is 23.5. The Morgan fingerprint density at radius 3 is 2.59 bits per heavy atom. The Bertz CT molecular complexity index is 1320. The zero-order valence-electron chi connectivity index (χ0n) is 19.1. The van der Waals surface area contributed by atoms with Crippen molar-refractivity contribution in [1.82, 2.24) is 14.9 Å². The van der Waals surface area contributed by atoms with E-state index in [0.717, 1.165) is 11.5 Å². The summed E-state index contributed by atoms with van der Waals surface area (Å²) >= 11 is 8.25. The first-order valence-corrected chi connectivity index (χ1v) is 12.5. The summed E-state index contributed by atoms with van der Waals surface area (Å²) in [7, 11) is 1.60. The Labute approximate surface area is 205 Å². The van der Waals surface area contributed by atoms with E-state index in [2.05, 4.69) is 29.0 Å². The highest BCUT2D eigenvalue weighted by atomic mass is 35.5. The van der Waals surface area contributed by atoms with Crippen molar-refractivity contribution in [2.45, 2.75) is 43.5 Å². The summed E-state index contributed by atoms with van der Waals surface area (Å²) in [6, 6.07) is 5.62. The molecule has 2 aliphatic rings. The third-order valence-corrected chi connectivity index (χ3v) is 7.86. The maximum absolute atomic E-state index is 14.9. The van der Waals surface area contributed by atoms with E-state index < -0.39 is 11.6 Å². The van der Waals surface area contributed by atoms with E-state index in [1.54, 1.807) is 17.7 Å². The number of anilines is 1. The number of aromatic nitrogens is 2. The highest BCUT2D eigenvalue weighted by molar-refractivity contribution is 7.99. The SMILES string of the molecule is CO[C@@H]1CSc2c(-c3ccc(F)cc3F)c(Cl)cc3c(N4C[C@@H](C)N[C@@H](C)C4)nc(=O)n(c23)C1. The molecule has 1 N–H and O–H groups in total. The van der Waals surface area contributed by atoms with Gasteiger partial charge in [0.1, 0.15) is 17.5 Å². The summed E-state index contributed by atoms with van der Waals surface area (Å²) in [6.07, 6.45) is -0.241. The van der Waals surface area contributed by atoms with Crippen LogP contribution in [0.1, 0.15) is 13.8 Å². The Morgan fingerprint density at radius 1 is 1.18 bits per heavy atom. The molecule has 2 aliphatic heterocycles. The lowest BCUT2D eigenvalue weighted by molar-refractivity contribution is 0.107. The second kappa shape index (κ2) is 9.11. The number of nitrogens with one attached hydrogen (secondary N) is 1. The zero-order chi connectivity index (χ0) is 24.1. The lowest BCUT2D eigenvalue weighted by Crippen LogP contribution is -2.55. The Hall–Kier alpha value is -2.20. The van der Waals surface area contributed by atoms with E-state index in [1.807, 2.05) is 0 Å². The number of methoxy groups -OCH3 is 1. The van der Waals surface area contributed by atoms with Crippen LogP contribution in [0.15, 0.2) is 34.0 Å². The standard InChI is InChI=1S/C24H25ClF2N4O2S/c1-12-8-30(9-13(2)28-12)23-17-7-18(25)20(16-5-4-14(26)6-19(16)27)22-21(17)31(24(32)29-23)10-15(33-3)11-34-22/h4-7,12-13,15,28H,8-11H2,1-3H3/t12-,13+,15-/m0/s1. The van der Waals surface area contributed by atoms with Crippen LogP contribution in [0.4, 0.5) is 14.6 Å². The number of piperazine rings is 1. The smallest absolute Gasteiger partial charge is 0.350 e. The molecule has 1 aromatic heterocycles. The first-order valence-electron chi connectivity index (χ1n) is 11.2. The molecule has 0 spiro atoms. The largest absolute Gasteiger partial charge is 0.379 e. The van der Waals surface area contributed by atoms with Gasteiger partial charge in [0.2, 0.25) is 0 Å². The minimum atomic E-state index is -0.710. The molecule has 5 rings (SSSR count). The van der Waals surface area contributed by atoms with Crippen molar-refractivity contribution in [3.63, 3.8) is 0 Å². The molecule has 1 saturated heterocycles. The topological polar surface area (TPSA) is 59.4 Å². The molecule has 3 atom stereocenters. The van der Waals surface area contributed by atoms with Gasteiger partial charge in [-0.15, -0.1) is 11.8 Å². The maximum atomic E-state index is 14.9. The van der Waals surface area contributed by atoms with Crippen LogP contribution in [0, 0.1) is 11.6 Å². The van der Waals surface area contributed by atoms with Gasteiger partial charge in [0, 0.05) is 65.5 Å². The molecule has 34 heavy (non-hydrogen) atoms. The molecule has 3 aromatic rings. The minimum absolute atomic E-state index is 0.188. The van der Waals surface area contributed by atoms with Crippen molar-refractivity contribution < 1.29 is 13.5 Å². The number of hydrogen-bond acceptors (Lipinski definition) is 6. The number of ether oxygens (including phenoxy) is 1. The summed E-state index contributed by atoms with van der Waals surface area (Å²) in [5.74, 6) is -0.262. The normalized spacial score (nSPS) is 22.8. The van der Waals surface area contributed by atoms with Gasteiger partial charge in [-0.2, -0.15) is 4.98 Å². The van der Waals surface area contributed by atoms with Gasteiger partial charge in [0.15, 0.2) is 0 Å². The van der Waals surface area contributed by atoms with E-state index in [-0.39, 0.29) is 29.4 Å². The summed E-state index contributed by atoms with van der Waals surface area (Å²) in [5, 5.41) is 4.54. The summed E-state index contributed by atoms with van der Waals surface area (Å²) in [6.45, 7) is 5.87. The maximum Gasteiger partial charge on any atom is 0.350 e. The molecule has 180 valence electrons. The molecule has 0 radical (unpaired) electrons. The predicted molar refractivity (Wildman–Crippen MR) is 132 cm³/mol. The van der Waals surface area contributed by atoms with E-state index in [4.69, 9.17) is 16.3 Å². The fourth-order valence-corrected chi connectivity index (χ4v) is 6.61. The predicted octanol–water partition coefficient (Wildman–Crippen LogP) is 4.30. The molecular weight excluding hydrogens is 482 g/mol. The van der Waals surface area contributed by atoms with E-state index in [0.29, 0.717) is 52.2 Å². The third kappa shape index (κ3) is 4.08. The van der Waals surface area contributed by atoms with Crippen LogP contribution in [0.3, 0.4) is 0 Å². The highest BCUT2D eigenvalue weighted by Crippen LogP contribution is 2.46. The van der Waals surface area contributed by atoms with Crippen LogP contribution in [-0.2, 0) is 11.3 Å². The Morgan fingerprint density at radius 2 is 1.91 bits per heavy atom. The first-order chi connectivity index (χ1) is 16.3. The van der Waals surface area contributed by atoms with Gasteiger partial charge in [0.25, 0.3) is 0 Å². The second-order valence-corrected chi connectivity index (χ2v) is 10.4. The Kier molecular flexibility index (Phi) is 6.31. The molecule has 0 saturated carbocycles. The minimum Gasteiger partial charge on any atom is -0.379 e. The average molecular weight is 507 g/mol. The van der Waals surface area contributed by atoms with Crippen LogP contribution < -0.4 is 15.9 Å². The summed E-state index contributed by atoms with van der Waals surface area (Å²) in [5.41, 5.74) is 0.899. The number of nitrogens with zero attached hydrogens (tertiary/aromatic N) is 3. The van der Waals surface area contributed by atoms with Crippen molar-refractivity contribution in [3.8, 4) is 11.1 Å². The van der Waals surface area contributed by atoms with E-state index >= 15 is 0 Å². The number of hydrogen-bond donors (Lipinski definition) is 1. The molecule has 0 unspecified atom stereocenters. The zero-order valence-corrected chi connectivity index (χ0v) is 20.6. The van der Waals surface area contributed by atoms with Gasteiger partial charge >= 0.3 is 5.69 Å². The fourth-order valence-electron chi connectivity index (χ4n) is 4.93. The third-order valence-electron chi connectivity index (χ3n) is 6.34. The quantitative estimate of drug-likeness (QED) is 0.571. The molecule has 0 aliphatic carbocycles. The van der Waals surface area contributed by atoms with Crippen LogP contribution in [0.5, 0.6) is 0 Å². The van der Waals surface area contributed by atoms with Crippen LogP contribution in [-0.4, -0.2) is 53.7 Å². The fraction of sp³-hybridized carbons (Fsp3) is 0.417. The number of halogens is 3. The molecule has 1 fully saturated rings. The average Bonchev–Trinajstić information content (AvgIpc) is 2.97. The van der Waals surface area contributed by atoms with Gasteiger partial charge in [-0.1, -0.05) is 11.6 Å². The van der Waals surface area contributed by atoms with Gasteiger partial charge in [-0.25, -0.2) is 13.6 Å². The van der Waals surface area contributed by atoms with Gasteiger partial charge < -0.3 is 15.0 Å². The van der Waals surface area contributed by atoms with Gasteiger partial charge in [-0.3, -0.25) is 4.57 Å². The lowest BCUT2D eigenvalue weighted by Gasteiger charge is -2.37. The van der Waals surface area contributed by atoms with Crippen molar-refractivity contribution in [1.29, 1.82) is 0 Å². The lowest BCUT2D eigenvalue weighted by atomic mass is 10.0. The van der Waals surface area contributed by atoms with Gasteiger partial charge in [-0.05, 0) is 32.0 Å². The van der Waals surface area contributed by atoms with Crippen molar-refractivity contribution >= 4 is 40.1 Å². The summed E-state index contributed by atoms with van der Waals surface area (Å²) < 4.78 is 35.7. The Balaban J connectivity index is 1.83. The molecule has 2 aromatic carbocycles. The van der Waals surface area contributed by atoms with Crippen LogP contribution in [0.25, 0.3) is 22.0 Å². The number of thioether (sulfide) groups is 1. The van der Waals surface area contributed by atoms with Crippen molar-refractivity contribution in [3.05, 3.63) is 51.4 Å². The molecule has 0 amide bonds. The highest BCUT2D eigenvalue weighted by Gasteiger charge is 2.30. The number of benzene rings is 2. The van der Waals surface area contributed by atoms with Gasteiger partial charge in [0.05, 0.1) is 23.2 Å². The molecule has 3 heterocycles. The molecular formula is C24H25ClF2N4O2S. The molecule has 6 nitrogen and oxygen atoms in total. The molecule has 0 bridgehead atoms. The van der Waals surface area contributed by atoms with Crippen LogP contribution >= 0.6 is 23.4 Å². The number of rotatable bonds is 3.